The lowest BCUT2D eigenvalue weighted by Crippen LogP contribution is -2.26. The average molecular weight is 414 g/mol. The first-order chi connectivity index (χ1) is 15.0. The molecular weight excluding hydrogens is 392 g/mol. The van der Waals surface area contributed by atoms with Crippen molar-refractivity contribution in [2.24, 2.45) is 0 Å². The van der Waals surface area contributed by atoms with Gasteiger partial charge in [0.1, 0.15) is 0 Å². The van der Waals surface area contributed by atoms with Gasteiger partial charge >= 0.3 is 0 Å². The molecule has 31 heavy (non-hydrogen) atoms. The molecule has 3 aromatic heterocycles. The maximum absolute atomic E-state index is 13.1. The topological polar surface area (TPSA) is 96.8 Å². The Labute approximate surface area is 178 Å². The summed E-state index contributed by atoms with van der Waals surface area (Å²) in [5, 5.41) is 5.37. The van der Waals surface area contributed by atoms with Crippen molar-refractivity contribution in [2.45, 2.75) is 32.7 Å². The quantitative estimate of drug-likeness (QED) is 0.554. The lowest BCUT2D eigenvalue weighted by atomic mass is 10.1. The molecule has 8 heteroatoms. The van der Waals surface area contributed by atoms with Gasteiger partial charge in [0.15, 0.2) is 0 Å². The zero-order valence-corrected chi connectivity index (χ0v) is 17.4. The van der Waals surface area contributed by atoms with Gasteiger partial charge < -0.3 is 4.90 Å². The minimum atomic E-state index is -0.140. The number of carbonyl (C=O) groups excluding carboxylic acids is 1. The van der Waals surface area contributed by atoms with E-state index in [1.54, 1.807) is 18.1 Å². The van der Waals surface area contributed by atoms with Crippen LogP contribution in [0.1, 0.15) is 39.3 Å². The highest BCUT2D eigenvalue weighted by molar-refractivity contribution is 5.95. The molecule has 0 aliphatic heterocycles. The number of aryl methyl sites for hydroxylation is 1. The predicted molar refractivity (Wildman–Crippen MR) is 116 cm³/mol. The molecule has 0 unspecified atom stereocenters. The van der Waals surface area contributed by atoms with E-state index in [1.807, 2.05) is 37.3 Å². The Morgan fingerprint density at radius 1 is 1.26 bits per heavy atom. The summed E-state index contributed by atoms with van der Waals surface area (Å²) in [6, 6.07) is 9.89. The molecule has 0 atom stereocenters. The summed E-state index contributed by atoms with van der Waals surface area (Å²) in [5.41, 5.74) is 4.52. The van der Waals surface area contributed by atoms with E-state index in [-0.39, 0.29) is 11.5 Å². The van der Waals surface area contributed by atoms with Crippen molar-refractivity contribution in [3.8, 4) is 5.95 Å². The second-order valence-electron chi connectivity index (χ2n) is 7.92. The molecule has 1 aromatic carbocycles. The fourth-order valence-electron chi connectivity index (χ4n) is 4.14. The van der Waals surface area contributed by atoms with Crippen molar-refractivity contribution < 1.29 is 4.79 Å². The molecule has 0 fully saturated rings. The first-order valence-electron chi connectivity index (χ1n) is 10.3. The minimum Gasteiger partial charge on any atom is -0.337 e. The lowest BCUT2D eigenvalue weighted by Gasteiger charge is -2.17. The zero-order valence-electron chi connectivity index (χ0n) is 17.4. The fraction of sp³-hybridized carbons (Fsp3) is 0.261. The van der Waals surface area contributed by atoms with Crippen molar-refractivity contribution in [3.05, 3.63) is 81.2 Å². The highest BCUT2D eigenvalue weighted by Crippen LogP contribution is 2.19. The van der Waals surface area contributed by atoms with Crippen LogP contribution in [0.4, 0.5) is 0 Å². The van der Waals surface area contributed by atoms with Gasteiger partial charge in [-0.15, -0.1) is 0 Å². The molecule has 0 spiro atoms. The van der Waals surface area contributed by atoms with Crippen LogP contribution < -0.4 is 5.56 Å². The zero-order chi connectivity index (χ0) is 21.5. The highest BCUT2D eigenvalue weighted by Gasteiger charge is 2.22. The van der Waals surface area contributed by atoms with Crippen LogP contribution >= 0.6 is 0 Å². The monoisotopic (exact) mass is 414 g/mol. The molecule has 8 nitrogen and oxygen atoms in total. The largest absolute Gasteiger partial charge is 0.337 e. The summed E-state index contributed by atoms with van der Waals surface area (Å²) < 4.78 is 1.53. The molecule has 3 heterocycles. The molecule has 1 N–H and O–H groups in total. The number of rotatable bonds is 4. The Morgan fingerprint density at radius 3 is 3.00 bits per heavy atom. The normalized spacial score (nSPS) is 12.8. The Bertz CT molecular complexity index is 1370. The number of aromatic amines is 1. The van der Waals surface area contributed by atoms with Crippen LogP contribution in [0.25, 0.3) is 16.9 Å². The van der Waals surface area contributed by atoms with Gasteiger partial charge in [-0.05, 0) is 49.9 Å². The number of H-pyrrole nitrogens is 1. The number of nitrogens with one attached hydrogen (secondary N) is 1. The summed E-state index contributed by atoms with van der Waals surface area (Å²) in [5.74, 6) is 0.213. The number of nitrogens with zero attached hydrogens (tertiary/aromatic N) is 5. The number of amides is 1. The second-order valence-corrected chi connectivity index (χ2v) is 7.92. The number of hydrogen-bond donors (Lipinski definition) is 1. The smallest absolute Gasteiger partial charge is 0.257 e. The standard InChI is InChI=1S/C23H22N6O2/c1-14-18(12-25-29(14)23-26-20-7-3-6-17(20)21(30)27-23)22(31)28(2)13-15-8-9-19-16(11-15)5-4-10-24-19/h4-5,8-12H,3,6-7,13H2,1-2H3,(H,26,27,30). The SMILES string of the molecule is Cc1c(C(=O)N(C)Cc2ccc3ncccc3c2)cnn1-c1nc2c(c(=O)[nH]1)CCC2. The van der Waals surface area contributed by atoms with Gasteiger partial charge in [0.25, 0.3) is 11.5 Å². The third kappa shape index (κ3) is 3.39. The van der Waals surface area contributed by atoms with Crippen LogP contribution in [0.3, 0.4) is 0 Å². The van der Waals surface area contributed by atoms with Gasteiger partial charge in [0.2, 0.25) is 5.95 Å². The van der Waals surface area contributed by atoms with Crippen LogP contribution in [-0.2, 0) is 19.4 Å². The van der Waals surface area contributed by atoms with Crippen molar-refractivity contribution in [2.75, 3.05) is 7.05 Å². The molecule has 1 aliphatic carbocycles. The molecular formula is C23H22N6O2. The number of benzene rings is 1. The van der Waals surface area contributed by atoms with Gasteiger partial charge in [0.05, 0.1) is 28.7 Å². The first kappa shape index (κ1) is 19.2. The van der Waals surface area contributed by atoms with E-state index in [9.17, 15) is 9.59 Å². The van der Waals surface area contributed by atoms with Gasteiger partial charge in [0, 0.05) is 30.7 Å². The maximum atomic E-state index is 13.1. The third-order valence-electron chi connectivity index (χ3n) is 5.80. The Hall–Kier alpha value is -3.81. The van der Waals surface area contributed by atoms with Crippen LogP contribution in [0.2, 0.25) is 0 Å². The van der Waals surface area contributed by atoms with E-state index in [2.05, 4.69) is 20.1 Å². The van der Waals surface area contributed by atoms with Crippen LogP contribution in [0.5, 0.6) is 0 Å². The molecule has 0 radical (unpaired) electrons. The molecule has 1 aliphatic rings. The molecule has 5 rings (SSSR count). The number of pyridine rings is 1. The molecule has 4 aromatic rings. The number of carbonyl (C=O) groups is 1. The molecule has 1 amide bonds. The third-order valence-corrected chi connectivity index (χ3v) is 5.80. The summed E-state index contributed by atoms with van der Waals surface area (Å²) in [7, 11) is 1.77. The Morgan fingerprint density at radius 2 is 2.13 bits per heavy atom. The predicted octanol–water partition coefficient (Wildman–Crippen LogP) is 2.57. The minimum absolute atomic E-state index is 0.122. The van der Waals surface area contributed by atoms with E-state index in [1.165, 1.54) is 10.9 Å². The lowest BCUT2D eigenvalue weighted by molar-refractivity contribution is 0.0784. The van der Waals surface area contributed by atoms with E-state index in [0.717, 1.165) is 47.0 Å². The van der Waals surface area contributed by atoms with Crippen molar-refractivity contribution >= 4 is 16.8 Å². The first-order valence-corrected chi connectivity index (χ1v) is 10.3. The second kappa shape index (κ2) is 7.46. The average Bonchev–Trinajstić information content (AvgIpc) is 3.40. The molecule has 0 bridgehead atoms. The van der Waals surface area contributed by atoms with Crippen molar-refractivity contribution in [1.82, 2.24) is 29.6 Å². The van der Waals surface area contributed by atoms with Gasteiger partial charge in [-0.1, -0.05) is 12.1 Å². The summed E-state index contributed by atoms with van der Waals surface area (Å²) in [6.07, 6.45) is 5.79. The molecule has 0 saturated heterocycles. The van der Waals surface area contributed by atoms with E-state index in [0.29, 0.717) is 23.8 Å². The maximum Gasteiger partial charge on any atom is 0.257 e. The van der Waals surface area contributed by atoms with Crippen molar-refractivity contribution in [3.63, 3.8) is 0 Å². The summed E-state index contributed by atoms with van der Waals surface area (Å²) in [6.45, 7) is 2.27. The van der Waals surface area contributed by atoms with Crippen LogP contribution in [-0.4, -0.2) is 42.6 Å². The van der Waals surface area contributed by atoms with Crippen LogP contribution in [0.15, 0.2) is 47.5 Å². The van der Waals surface area contributed by atoms with Gasteiger partial charge in [-0.25, -0.2) is 9.67 Å². The van der Waals surface area contributed by atoms with E-state index < -0.39 is 0 Å². The van der Waals surface area contributed by atoms with Gasteiger partial charge in [-0.3, -0.25) is 19.6 Å². The number of hydrogen-bond acceptors (Lipinski definition) is 5. The highest BCUT2D eigenvalue weighted by atomic mass is 16.2. The van der Waals surface area contributed by atoms with E-state index >= 15 is 0 Å². The van der Waals surface area contributed by atoms with Crippen molar-refractivity contribution in [1.29, 1.82) is 0 Å². The van der Waals surface area contributed by atoms with Gasteiger partial charge in [-0.2, -0.15) is 5.10 Å². The summed E-state index contributed by atoms with van der Waals surface area (Å²) >= 11 is 0. The Kier molecular flexibility index (Phi) is 4.62. The Balaban J connectivity index is 1.40. The van der Waals surface area contributed by atoms with E-state index in [4.69, 9.17) is 0 Å². The summed E-state index contributed by atoms with van der Waals surface area (Å²) in [4.78, 5) is 38.8. The number of aromatic nitrogens is 5. The molecule has 156 valence electrons. The fourth-order valence-corrected chi connectivity index (χ4v) is 4.14. The molecule has 0 saturated carbocycles. The number of fused-ring (bicyclic) bond motifs is 2. The van der Waals surface area contributed by atoms with Crippen LogP contribution in [0, 0.1) is 6.92 Å².